The Balaban J connectivity index is 0.00000784. The Kier molecular flexibility index (Phi) is 20.5. The Morgan fingerprint density at radius 1 is 0.855 bits per heavy atom. The van der Waals surface area contributed by atoms with Crippen LogP contribution in [0.15, 0.2) is 78.9 Å². The number of carbonyl (C=O) groups is 4. The van der Waals surface area contributed by atoms with E-state index in [9.17, 15) is 19.2 Å². The van der Waals surface area contributed by atoms with Crippen molar-refractivity contribution in [1.82, 2.24) is 20.9 Å². The van der Waals surface area contributed by atoms with Crippen molar-refractivity contribution in [3.63, 3.8) is 0 Å². The summed E-state index contributed by atoms with van der Waals surface area (Å²) in [5.74, 6) is -0.522. The Hall–Kier alpha value is -2.86. The van der Waals surface area contributed by atoms with Crippen LogP contribution in [0, 0.1) is 25.2 Å². The molecule has 3 aromatic rings. The van der Waals surface area contributed by atoms with Crippen molar-refractivity contribution < 1.29 is 90.6 Å². The summed E-state index contributed by atoms with van der Waals surface area (Å²) in [6, 6.07) is 23.2. The molecule has 3 N–H and O–H groups in total. The molecule has 4 amide bonds. The molecule has 3 aromatic carbocycles. The molecule has 12 heteroatoms. The molecular weight excluding hydrogens is 714 g/mol. The number of benzene rings is 3. The van der Waals surface area contributed by atoms with Gasteiger partial charge in [-0.05, 0) is 66.7 Å². The molecule has 290 valence electrons. The second kappa shape index (κ2) is 23.4. The van der Waals surface area contributed by atoms with Crippen molar-refractivity contribution in [2.24, 2.45) is 11.3 Å². The fourth-order valence-electron chi connectivity index (χ4n) is 6.87. The van der Waals surface area contributed by atoms with Crippen LogP contribution in [0.25, 0.3) is 0 Å². The third-order valence-corrected chi connectivity index (χ3v) is 9.34. The van der Waals surface area contributed by atoms with E-state index in [1.54, 1.807) is 4.90 Å². The molecule has 4 atom stereocenters. The van der Waals surface area contributed by atoms with Crippen LogP contribution in [-0.4, -0.2) is 72.6 Å². The molecule has 55 heavy (non-hydrogen) atoms. The van der Waals surface area contributed by atoms with E-state index >= 15 is 0 Å². The van der Waals surface area contributed by atoms with Crippen molar-refractivity contribution >= 4 is 23.8 Å². The van der Waals surface area contributed by atoms with Gasteiger partial charge >= 0.3 is 71.1 Å². The Morgan fingerprint density at radius 3 is 1.98 bits per heavy atom. The molecule has 0 saturated carbocycles. The first-order valence-electron chi connectivity index (χ1n) is 18.8. The zero-order valence-electron chi connectivity index (χ0n) is 36.4. The van der Waals surface area contributed by atoms with Gasteiger partial charge in [-0.3, -0.25) is 14.4 Å². The van der Waals surface area contributed by atoms with Crippen LogP contribution < -0.4 is 79.8 Å². The first-order chi connectivity index (χ1) is 25.2. The predicted molar refractivity (Wildman–Crippen MR) is 210 cm³/mol. The van der Waals surface area contributed by atoms with Gasteiger partial charge in [0, 0.05) is 25.6 Å². The molecule has 0 radical (unpaired) electrons. The number of ether oxygens (including phenoxy) is 2. The number of hydrogen-bond donors (Lipinski definition) is 3. The van der Waals surface area contributed by atoms with Gasteiger partial charge in [0.1, 0.15) is 17.9 Å². The topological polar surface area (TPSA) is 126 Å². The monoisotopic (exact) mass is 774 g/mol. The number of aryl methyl sites for hydroxylation is 2. The summed E-state index contributed by atoms with van der Waals surface area (Å²) in [6.07, 6.45) is 1.12. The van der Waals surface area contributed by atoms with Crippen molar-refractivity contribution in [1.29, 1.82) is 0 Å². The number of urea groups is 1. The van der Waals surface area contributed by atoms with Crippen LogP contribution in [0.3, 0.4) is 0 Å². The Labute approximate surface area is 375 Å². The van der Waals surface area contributed by atoms with Crippen LogP contribution in [0.1, 0.15) is 79.0 Å². The number of hydrogen-bond acceptors (Lipinski definition) is 6. The molecule has 1 heterocycles. The maximum absolute atomic E-state index is 14.2. The van der Waals surface area contributed by atoms with E-state index in [-0.39, 0.29) is 111 Å². The molecule has 4 rings (SSSR count). The largest absolute Gasteiger partial charge is 1.00 e. The third-order valence-electron chi connectivity index (χ3n) is 9.34. The van der Waals surface area contributed by atoms with Gasteiger partial charge < -0.3 is 33.2 Å². The SMILES string of the molecule is Cc1cccc(C)c1OCC(=O)N[C@@H](Cc1ccccc1)[C@H](C[C@@H](Cc1ccccc1)NC(=O)[C@H](C(C)C)N1CCCNC1=O)OC(=O)CC(C)(C)C.[H-].[H-].[Na+].[Na+]. The van der Waals surface area contributed by atoms with Gasteiger partial charge in [-0.2, -0.15) is 0 Å². The van der Waals surface area contributed by atoms with Crippen molar-refractivity contribution in [2.75, 3.05) is 19.7 Å². The molecule has 0 spiro atoms. The normalized spacial score (nSPS) is 14.9. The zero-order valence-corrected chi connectivity index (χ0v) is 38.4. The minimum atomic E-state index is -0.820. The first-order valence-corrected chi connectivity index (χ1v) is 18.8. The summed E-state index contributed by atoms with van der Waals surface area (Å²) in [5, 5.41) is 9.28. The van der Waals surface area contributed by atoms with E-state index in [4.69, 9.17) is 9.47 Å². The predicted octanol–water partition coefficient (Wildman–Crippen LogP) is 0.548. The summed E-state index contributed by atoms with van der Waals surface area (Å²) in [5.41, 5.74) is 3.45. The third kappa shape index (κ3) is 15.9. The maximum atomic E-state index is 14.2. The Bertz CT molecular complexity index is 1660. The number of carbonyl (C=O) groups excluding carboxylic acids is 4. The van der Waals surface area contributed by atoms with E-state index in [1.165, 1.54) is 0 Å². The fourth-order valence-corrected chi connectivity index (χ4v) is 6.87. The van der Waals surface area contributed by atoms with Crippen LogP contribution in [0.2, 0.25) is 0 Å². The molecule has 1 saturated heterocycles. The second-order valence-corrected chi connectivity index (χ2v) is 15.7. The Morgan fingerprint density at radius 2 is 1.44 bits per heavy atom. The number of nitrogens with zero attached hydrogens (tertiary/aromatic N) is 1. The smallest absolute Gasteiger partial charge is 1.00 e. The summed E-state index contributed by atoms with van der Waals surface area (Å²) in [6.45, 7) is 14.5. The van der Waals surface area contributed by atoms with E-state index in [0.29, 0.717) is 31.7 Å². The second-order valence-electron chi connectivity index (χ2n) is 15.7. The molecular formula is C43H60N4Na2O6. The summed E-state index contributed by atoms with van der Waals surface area (Å²) in [4.78, 5) is 56.0. The standard InChI is InChI=1S/C43H58N4O6.2Na.2H/c1-29(2)39(47-23-15-22-44-42(47)51)41(50)45-34(24-32-18-10-8-11-19-32)26-36(53-38(49)27-43(5,6)7)35(25-33-20-12-9-13-21-33)46-37(48)28-52-40-30(3)16-14-17-31(40)4;;;;/h8-14,16-21,29,34-36,39H,15,22-28H2,1-7H3,(H,44,51)(H,45,50)(H,46,48);;;;/q;2*+1;2*-1/t34-,35+,36+,39+;;;;/m1..../s1. The van der Waals surface area contributed by atoms with Gasteiger partial charge in [-0.25, -0.2) is 4.79 Å². The molecule has 0 aromatic heterocycles. The average molecular weight is 775 g/mol. The van der Waals surface area contributed by atoms with E-state index in [1.807, 2.05) is 127 Å². The quantitative estimate of drug-likeness (QED) is 0.136. The summed E-state index contributed by atoms with van der Waals surface area (Å²) >= 11 is 0. The number of esters is 1. The fraction of sp³-hybridized carbons (Fsp3) is 0.488. The minimum absolute atomic E-state index is 0. The minimum Gasteiger partial charge on any atom is -1.00 e. The van der Waals surface area contributed by atoms with Crippen LogP contribution >= 0.6 is 0 Å². The van der Waals surface area contributed by atoms with Crippen molar-refractivity contribution in [2.45, 2.75) is 105 Å². The molecule has 0 unspecified atom stereocenters. The number of nitrogens with one attached hydrogen (secondary N) is 3. The zero-order chi connectivity index (χ0) is 38.5. The van der Waals surface area contributed by atoms with E-state index in [2.05, 4.69) is 16.0 Å². The van der Waals surface area contributed by atoms with Gasteiger partial charge in [0.15, 0.2) is 6.61 Å². The molecule has 1 aliphatic heterocycles. The molecule has 0 bridgehead atoms. The van der Waals surface area contributed by atoms with Crippen molar-refractivity contribution in [3.8, 4) is 5.75 Å². The summed E-state index contributed by atoms with van der Waals surface area (Å²) in [7, 11) is 0. The summed E-state index contributed by atoms with van der Waals surface area (Å²) < 4.78 is 12.4. The van der Waals surface area contributed by atoms with E-state index in [0.717, 1.165) is 28.7 Å². The number of amides is 4. The number of rotatable bonds is 17. The van der Waals surface area contributed by atoms with Crippen LogP contribution in [-0.2, 0) is 32.0 Å². The van der Waals surface area contributed by atoms with Gasteiger partial charge in [0.2, 0.25) is 5.91 Å². The van der Waals surface area contributed by atoms with Gasteiger partial charge in [-0.1, -0.05) is 113 Å². The molecule has 1 fully saturated rings. The number of para-hydroxylation sites is 1. The molecule has 0 aliphatic carbocycles. The van der Waals surface area contributed by atoms with E-state index < -0.39 is 30.2 Å². The van der Waals surface area contributed by atoms with Gasteiger partial charge in [-0.15, -0.1) is 0 Å². The van der Waals surface area contributed by atoms with Crippen LogP contribution in [0.4, 0.5) is 4.79 Å². The van der Waals surface area contributed by atoms with Gasteiger partial charge in [0.05, 0.1) is 12.5 Å². The van der Waals surface area contributed by atoms with Gasteiger partial charge in [0.25, 0.3) is 5.91 Å². The average Bonchev–Trinajstić information content (AvgIpc) is 3.08. The van der Waals surface area contributed by atoms with Crippen LogP contribution in [0.5, 0.6) is 5.75 Å². The van der Waals surface area contributed by atoms with Crippen molar-refractivity contribution in [3.05, 3.63) is 101 Å². The molecule has 10 nitrogen and oxygen atoms in total. The molecule has 1 aliphatic rings. The maximum Gasteiger partial charge on any atom is 1.00 e. The first kappa shape index (κ1) is 48.3.